The first-order valence-electron chi connectivity index (χ1n) is 8.41. The predicted octanol–water partition coefficient (Wildman–Crippen LogP) is 4.69. The number of alkyl halides is 5. The number of nitrogens with one attached hydrogen (secondary N) is 1. The van der Waals surface area contributed by atoms with Gasteiger partial charge in [0.1, 0.15) is 0 Å². The van der Waals surface area contributed by atoms with Crippen molar-refractivity contribution in [3.63, 3.8) is 0 Å². The minimum atomic E-state index is -4.63. The van der Waals surface area contributed by atoms with Gasteiger partial charge in [-0.05, 0) is 37.3 Å². The second kappa shape index (κ2) is 9.90. The molecule has 0 aliphatic heterocycles. The molecule has 0 saturated carbocycles. The maximum atomic E-state index is 13.0. The molecule has 0 bridgehead atoms. The average molecular weight is 432 g/mol. The largest absolute Gasteiger partial charge is 0.493 e. The van der Waals surface area contributed by atoms with E-state index in [9.17, 15) is 26.7 Å². The number of amides is 1. The summed E-state index contributed by atoms with van der Waals surface area (Å²) in [7, 11) is 1.26. The normalized spacial score (nSPS) is 12.7. The highest BCUT2D eigenvalue weighted by atomic mass is 19.4. The van der Waals surface area contributed by atoms with Gasteiger partial charge in [0.25, 0.3) is 5.91 Å². The summed E-state index contributed by atoms with van der Waals surface area (Å²) in [5.41, 5.74) is -1.02. The molecule has 0 fully saturated rings. The molecule has 0 radical (unpaired) electrons. The smallest absolute Gasteiger partial charge is 0.418 e. The molecule has 1 atom stereocenters. The molecule has 2 aromatic carbocycles. The summed E-state index contributed by atoms with van der Waals surface area (Å²) >= 11 is 0. The summed E-state index contributed by atoms with van der Waals surface area (Å²) in [5, 5.41) is 5.73. The van der Waals surface area contributed by atoms with Crippen LogP contribution >= 0.6 is 0 Å². The highest BCUT2D eigenvalue weighted by molar-refractivity contribution is 5.94. The van der Waals surface area contributed by atoms with Gasteiger partial charge in [-0.3, -0.25) is 4.79 Å². The van der Waals surface area contributed by atoms with E-state index in [-0.39, 0.29) is 11.5 Å². The van der Waals surface area contributed by atoms with Gasteiger partial charge in [-0.15, -0.1) is 0 Å². The quantitative estimate of drug-likeness (QED) is 0.373. The van der Waals surface area contributed by atoms with Crippen LogP contribution in [0.4, 0.5) is 27.6 Å². The van der Waals surface area contributed by atoms with Gasteiger partial charge in [0, 0.05) is 5.56 Å². The summed E-state index contributed by atoms with van der Waals surface area (Å²) < 4.78 is 72.8. The molecule has 0 aliphatic rings. The van der Waals surface area contributed by atoms with E-state index in [1.165, 1.54) is 50.6 Å². The zero-order valence-corrected chi connectivity index (χ0v) is 15.7. The molecule has 11 heteroatoms. The number of ether oxygens (including phenoxy) is 2. The molecule has 0 aliphatic carbocycles. The van der Waals surface area contributed by atoms with Gasteiger partial charge in [-0.1, -0.05) is 17.3 Å². The third-order valence-corrected chi connectivity index (χ3v) is 3.68. The van der Waals surface area contributed by atoms with Crippen molar-refractivity contribution in [3.8, 4) is 11.5 Å². The molecule has 30 heavy (non-hydrogen) atoms. The maximum Gasteiger partial charge on any atom is 0.418 e. The van der Waals surface area contributed by atoms with E-state index in [1.807, 2.05) is 0 Å². The number of methoxy groups -OCH3 is 1. The van der Waals surface area contributed by atoms with Crippen molar-refractivity contribution in [1.29, 1.82) is 0 Å². The number of benzene rings is 2. The van der Waals surface area contributed by atoms with Gasteiger partial charge in [-0.25, -0.2) is 0 Å². The predicted molar refractivity (Wildman–Crippen MR) is 97.8 cm³/mol. The Balaban J connectivity index is 2.01. The first kappa shape index (κ1) is 22.9. The Morgan fingerprint density at radius 3 is 2.47 bits per heavy atom. The van der Waals surface area contributed by atoms with Crippen LogP contribution in [0, 0.1) is 0 Å². The first-order valence-corrected chi connectivity index (χ1v) is 8.41. The van der Waals surface area contributed by atoms with Crippen molar-refractivity contribution < 1.29 is 41.1 Å². The first-order chi connectivity index (χ1) is 14.1. The molecule has 2 aromatic rings. The van der Waals surface area contributed by atoms with Gasteiger partial charge in [-0.2, -0.15) is 22.0 Å². The lowest BCUT2D eigenvalue weighted by Gasteiger charge is -2.15. The molecule has 1 amide bonds. The van der Waals surface area contributed by atoms with E-state index in [1.54, 1.807) is 0 Å². The molecular weight excluding hydrogens is 415 g/mol. The Kier molecular flexibility index (Phi) is 7.56. The molecule has 2 rings (SSSR count). The summed E-state index contributed by atoms with van der Waals surface area (Å²) in [5.74, 6) is -1.00. The standard InChI is InChI=1S/C19H17F5N2O4/c1-11(17(27)26-14-6-4-3-5-13(14)19(22,23)24)30-25-10-12-7-8-15(29-18(20)21)16(9-12)28-2/h3-11,18H,1-2H3,(H,26,27). The van der Waals surface area contributed by atoms with E-state index in [0.29, 0.717) is 5.56 Å². The Labute approximate surface area is 168 Å². The molecule has 162 valence electrons. The van der Waals surface area contributed by atoms with Gasteiger partial charge in [0.15, 0.2) is 11.5 Å². The summed E-state index contributed by atoms with van der Waals surface area (Å²) in [6.07, 6.45) is -4.68. The molecule has 1 unspecified atom stereocenters. The zero-order valence-electron chi connectivity index (χ0n) is 15.7. The molecule has 6 nitrogen and oxygen atoms in total. The molecule has 0 saturated heterocycles. The number of rotatable bonds is 8. The van der Waals surface area contributed by atoms with Crippen LogP contribution in [0.2, 0.25) is 0 Å². The Morgan fingerprint density at radius 1 is 1.13 bits per heavy atom. The summed E-state index contributed by atoms with van der Waals surface area (Å²) in [6.45, 7) is -1.73. The van der Waals surface area contributed by atoms with Crippen molar-refractivity contribution in [2.24, 2.45) is 5.16 Å². The number of carbonyl (C=O) groups excluding carboxylic acids is 1. The van der Waals surface area contributed by atoms with Crippen molar-refractivity contribution in [2.45, 2.75) is 25.8 Å². The number of nitrogens with zero attached hydrogens (tertiary/aromatic N) is 1. The van der Waals surface area contributed by atoms with Crippen LogP contribution in [-0.4, -0.2) is 31.9 Å². The van der Waals surface area contributed by atoms with Crippen LogP contribution in [0.3, 0.4) is 0 Å². The topological polar surface area (TPSA) is 69.2 Å². The van der Waals surface area contributed by atoms with E-state index in [4.69, 9.17) is 9.57 Å². The van der Waals surface area contributed by atoms with Crippen LogP contribution in [0.5, 0.6) is 11.5 Å². The highest BCUT2D eigenvalue weighted by Gasteiger charge is 2.34. The number of anilines is 1. The fourth-order valence-corrected chi connectivity index (χ4v) is 2.26. The molecule has 1 N–H and O–H groups in total. The van der Waals surface area contributed by atoms with Crippen molar-refractivity contribution in [3.05, 3.63) is 53.6 Å². The Bertz CT molecular complexity index is 903. The Morgan fingerprint density at radius 2 is 1.83 bits per heavy atom. The van der Waals surface area contributed by atoms with E-state index in [2.05, 4.69) is 15.2 Å². The number of hydrogen-bond donors (Lipinski definition) is 1. The third kappa shape index (κ3) is 6.33. The van der Waals surface area contributed by atoms with E-state index in [0.717, 1.165) is 12.1 Å². The second-order valence-electron chi connectivity index (χ2n) is 5.80. The number of halogens is 5. The molecule has 0 aromatic heterocycles. The van der Waals surface area contributed by atoms with Gasteiger partial charge in [0.2, 0.25) is 6.10 Å². The molecule has 0 spiro atoms. The maximum absolute atomic E-state index is 13.0. The van der Waals surface area contributed by atoms with Crippen molar-refractivity contribution in [2.75, 3.05) is 12.4 Å². The number of oxime groups is 1. The number of para-hydroxylation sites is 1. The van der Waals surface area contributed by atoms with Crippen molar-refractivity contribution >= 4 is 17.8 Å². The van der Waals surface area contributed by atoms with Gasteiger partial charge >= 0.3 is 12.8 Å². The van der Waals surface area contributed by atoms with E-state index >= 15 is 0 Å². The highest BCUT2D eigenvalue weighted by Crippen LogP contribution is 2.34. The molecular formula is C19H17F5N2O4. The molecule has 0 heterocycles. The SMILES string of the molecule is COc1cc(C=NOC(C)C(=O)Nc2ccccc2C(F)(F)F)ccc1OC(F)F. The van der Waals surface area contributed by atoms with Crippen LogP contribution < -0.4 is 14.8 Å². The lowest BCUT2D eigenvalue weighted by molar-refractivity contribution is -0.137. The fourth-order valence-electron chi connectivity index (χ4n) is 2.26. The monoisotopic (exact) mass is 432 g/mol. The van der Waals surface area contributed by atoms with Crippen LogP contribution in [-0.2, 0) is 15.8 Å². The van der Waals surface area contributed by atoms with Crippen molar-refractivity contribution in [1.82, 2.24) is 0 Å². The summed E-state index contributed by atoms with van der Waals surface area (Å²) in [4.78, 5) is 17.1. The number of hydrogen-bond acceptors (Lipinski definition) is 5. The summed E-state index contributed by atoms with van der Waals surface area (Å²) in [6, 6.07) is 8.47. The second-order valence-corrected chi connectivity index (χ2v) is 5.80. The van der Waals surface area contributed by atoms with Crippen LogP contribution in [0.1, 0.15) is 18.1 Å². The van der Waals surface area contributed by atoms with Gasteiger partial charge < -0.3 is 19.6 Å². The van der Waals surface area contributed by atoms with Crippen LogP contribution in [0.25, 0.3) is 0 Å². The lowest BCUT2D eigenvalue weighted by atomic mass is 10.1. The lowest BCUT2D eigenvalue weighted by Crippen LogP contribution is -2.27. The third-order valence-electron chi connectivity index (χ3n) is 3.68. The average Bonchev–Trinajstić information content (AvgIpc) is 2.68. The minimum Gasteiger partial charge on any atom is -0.493 e. The fraction of sp³-hybridized carbons (Fsp3) is 0.263. The van der Waals surface area contributed by atoms with Crippen LogP contribution in [0.15, 0.2) is 47.6 Å². The zero-order chi connectivity index (χ0) is 22.3. The van der Waals surface area contributed by atoms with Gasteiger partial charge in [0.05, 0.1) is 24.6 Å². The van der Waals surface area contributed by atoms with E-state index < -0.39 is 36.0 Å². The number of carbonyl (C=O) groups is 1. The Hall–Kier alpha value is -3.37. The minimum absolute atomic E-state index is 0.0220.